The van der Waals surface area contributed by atoms with Crippen molar-refractivity contribution in [3.8, 4) is 11.5 Å². The molecular formula is C19H19Cl2NO5. The maximum Gasteiger partial charge on any atom is 0.310 e. The molecule has 0 spiro atoms. The standard InChI is InChI=1S/C19H19Cl2NO5/c1-25-17-7-4-15(21)10-13(17)11-19(24)27-12-18(23)22-8-9-26-16-5-2-14(20)3-6-16/h2-7,10H,8-9,11-12H2,1H3,(H,22,23). The van der Waals surface area contributed by atoms with E-state index in [0.29, 0.717) is 27.1 Å². The zero-order chi connectivity index (χ0) is 19.6. The van der Waals surface area contributed by atoms with E-state index in [9.17, 15) is 9.59 Å². The van der Waals surface area contributed by atoms with E-state index in [-0.39, 0.29) is 26.2 Å². The topological polar surface area (TPSA) is 73.9 Å². The highest BCUT2D eigenvalue weighted by Gasteiger charge is 2.12. The SMILES string of the molecule is COc1ccc(Cl)cc1CC(=O)OCC(=O)NCCOc1ccc(Cl)cc1. The number of nitrogens with one attached hydrogen (secondary N) is 1. The van der Waals surface area contributed by atoms with Gasteiger partial charge in [-0.3, -0.25) is 9.59 Å². The minimum absolute atomic E-state index is 0.0449. The summed E-state index contributed by atoms with van der Waals surface area (Å²) < 4.78 is 15.6. The van der Waals surface area contributed by atoms with Crippen molar-refractivity contribution in [1.29, 1.82) is 0 Å². The van der Waals surface area contributed by atoms with E-state index in [4.69, 9.17) is 37.4 Å². The molecule has 0 fully saturated rings. The van der Waals surface area contributed by atoms with E-state index >= 15 is 0 Å². The number of hydrogen-bond donors (Lipinski definition) is 1. The Bertz CT molecular complexity index is 780. The van der Waals surface area contributed by atoms with Crippen LogP contribution >= 0.6 is 23.2 Å². The highest BCUT2D eigenvalue weighted by molar-refractivity contribution is 6.30. The van der Waals surface area contributed by atoms with Gasteiger partial charge in [0, 0.05) is 15.6 Å². The number of carbonyl (C=O) groups is 2. The van der Waals surface area contributed by atoms with Gasteiger partial charge in [-0.15, -0.1) is 0 Å². The van der Waals surface area contributed by atoms with E-state index in [2.05, 4.69) is 5.32 Å². The Balaban J connectivity index is 1.67. The Hall–Kier alpha value is -2.44. The molecule has 0 saturated heterocycles. The zero-order valence-electron chi connectivity index (χ0n) is 14.7. The Morgan fingerprint density at radius 3 is 2.44 bits per heavy atom. The first-order valence-electron chi connectivity index (χ1n) is 8.11. The van der Waals surface area contributed by atoms with Crippen molar-refractivity contribution in [2.45, 2.75) is 6.42 Å². The molecule has 0 aliphatic rings. The second kappa shape index (κ2) is 10.6. The van der Waals surface area contributed by atoms with Gasteiger partial charge in [-0.2, -0.15) is 0 Å². The molecule has 8 heteroatoms. The maximum atomic E-state index is 11.9. The third-order valence-corrected chi connectivity index (χ3v) is 3.94. The summed E-state index contributed by atoms with van der Waals surface area (Å²) in [5.74, 6) is 0.208. The van der Waals surface area contributed by atoms with Crippen molar-refractivity contribution in [1.82, 2.24) is 5.32 Å². The fourth-order valence-corrected chi connectivity index (χ4v) is 2.50. The number of methoxy groups -OCH3 is 1. The molecular weight excluding hydrogens is 393 g/mol. The van der Waals surface area contributed by atoms with Crippen LogP contribution in [0.3, 0.4) is 0 Å². The van der Waals surface area contributed by atoms with Crippen LogP contribution in [-0.4, -0.2) is 38.7 Å². The molecule has 2 aromatic rings. The quantitative estimate of drug-likeness (QED) is 0.506. The summed E-state index contributed by atoms with van der Waals surface area (Å²) in [6, 6.07) is 11.8. The van der Waals surface area contributed by atoms with E-state index in [1.165, 1.54) is 7.11 Å². The van der Waals surface area contributed by atoms with Crippen LogP contribution in [0.5, 0.6) is 11.5 Å². The first-order chi connectivity index (χ1) is 13.0. The largest absolute Gasteiger partial charge is 0.496 e. The van der Waals surface area contributed by atoms with Gasteiger partial charge in [-0.1, -0.05) is 23.2 Å². The molecule has 0 unspecified atom stereocenters. The second-order valence-electron chi connectivity index (χ2n) is 5.45. The lowest BCUT2D eigenvalue weighted by atomic mass is 10.1. The van der Waals surface area contributed by atoms with Crippen molar-refractivity contribution in [3.63, 3.8) is 0 Å². The van der Waals surface area contributed by atoms with Crippen LogP contribution in [0.15, 0.2) is 42.5 Å². The molecule has 0 heterocycles. The predicted octanol–water partition coefficient (Wildman–Crippen LogP) is 3.28. The van der Waals surface area contributed by atoms with Gasteiger partial charge in [-0.05, 0) is 42.5 Å². The fraction of sp³-hybridized carbons (Fsp3) is 0.263. The van der Waals surface area contributed by atoms with Crippen LogP contribution in [0.2, 0.25) is 10.0 Å². The number of halogens is 2. The number of amides is 1. The van der Waals surface area contributed by atoms with Gasteiger partial charge >= 0.3 is 5.97 Å². The highest BCUT2D eigenvalue weighted by Crippen LogP contribution is 2.23. The Kier molecular flexibility index (Phi) is 8.23. The smallest absolute Gasteiger partial charge is 0.310 e. The van der Waals surface area contributed by atoms with Crippen LogP contribution in [0, 0.1) is 0 Å². The van der Waals surface area contributed by atoms with E-state index in [1.807, 2.05) is 0 Å². The molecule has 2 rings (SSSR count). The van der Waals surface area contributed by atoms with Crippen molar-refractivity contribution in [2.75, 3.05) is 26.9 Å². The average Bonchev–Trinajstić information content (AvgIpc) is 2.65. The molecule has 0 radical (unpaired) electrons. The van der Waals surface area contributed by atoms with E-state index in [0.717, 1.165) is 0 Å². The summed E-state index contributed by atoms with van der Waals surface area (Å²) in [7, 11) is 1.50. The number of rotatable bonds is 9. The number of hydrogen-bond acceptors (Lipinski definition) is 5. The van der Waals surface area contributed by atoms with Crippen LogP contribution in [0.25, 0.3) is 0 Å². The number of ether oxygens (including phenoxy) is 3. The number of carbonyl (C=O) groups excluding carboxylic acids is 2. The lowest BCUT2D eigenvalue weighted by Crippen LogP contribution is -2.32. The number of esters is 1. The van der Waals surface area contributed by atoms with Gasteiger partial charge < -0.3 is 19.5 Å². The van der Waals surface area contributed by atoms with E-state index < -0.39 is 11.9 Å². The molecule has 1 amide bonds. The van der Waals surface area contributed by atoms with Gasteiger partial charge in [0.15, 0.2) is 6.61 Å². The summed E-state index contributed by atoms with van der Waals surface area (Å²) in [5.41, 5.74) is 0.590. The Labute approximate surface area is 167 Å². The van der Waals surface area contributed by atoms with Crippen molar-refractivity contribution in [2.24, 2.45) is 0 Å². The first kappa shape index (κ1) is 20.9. The zero-order valence-corrected chi connectivity index (χ0v) is 16.2. The minimum Gasteiger partial charge on any atom is -0.496 e. The molecule has 6 nitrogen and oxygen atoms in total. The Morgan fingerprint density at radius 1 is 1.04 bits per heavy atom. The van der Waals surface area contributed by atoms with Gasteiger partial charge in [-0.25, -0.2) is 0 Å². The highest BCUT2D eigenvalue weighted by atomic mass is 35.5. The van der Waals surface area contributed by atoms with Gasteiger partial charge in [0.2, 0.25) is 0 Å². The molecule has 144 valence electrons. The summed E-state index contributed by atoms with van der Waals surface area (Å²) in [6.07, 6.45) is -0.0449. The molecule has 0 aliphatic heterocycles. The van der Waals surface area contributed by atoms with Crippen LogP contribution in [0.4, 0.5) is 0 Å². The molecule has 0 bridgehead atoms. The van der Waals surface area contributed by atoms with Crippen molar-refractivity contribution < 1.29 is 23.8 Å². The molecule has 0 saturated carbocycles. The Morgan fingerprint density at radius 2 is 1.74 bits per heavy atom. The summed E-state index contributed by atoms with van der Waals surface area (Å²) in [5, 5.41) is 3.70. The van der Waals surface area contributed by atoms with Crippen molar-refractivity contribution >= 4 is 35.1 Å². The summed E-state index contributed by atoms with van der Waals surface area (Å²) in [4.78, 5) is 23.6. The molecule has 0 aliphatic carbocycles. The monoisotopic (exact) mass is 411 g/mol. The normalized spacial score (nSPS) is 10.2. The molecule has 0 aromatic heterocycles. The summed E-state index contributed by atoms with van der Waals surface area (Å²) >= 11 is 11.7. The van der Waals surface area contributed by atoms with Crippen molar-refractivity contribution in [3.05, 3.63) is 58.1 Å². The minimum atomic E-state index is -0.553. The third-order valence-electron chi connectivity index (χ3n) is 3.45. The lowest BCUT2D eigenvalue weighted by Gasteiger charge is -2.10. The van der Waals surface area contributed by atoms with Gasteiger partial charge in [0.25, 0.3) is 5.91 Å². The predicted molar refractivity (Wildman–Crippen MR) is 103 cm³/mol. The average molecular weight is 412 g/mol. The van der Waals surface area contributed by atoms with Crippen LogP contribution in [-0.2, 0) is 20.7 Å². The fourth-order valence-electron chi connectivity index (χ4n) is 2.18. The second-order valence-corrected chi connectivity index (χ2v) is 6.32. The van der Waals surface area contributed by atoms with Gasteiger partial charge in [0.05, 0.1) is 20.1 Å². The molecule has 2 aromatic carbocycles. The molecule has 1 N–H and O–H groups in total. The van der Waals surface area contributed by atoms with Crippen LogP contribution in [0.1, 0.15) is 5.56 Å². The lowest BCUT2D eigenvalue weighted by molar-refractivity contribution is -0.147. The van der Waals surface area contributed by atoms with Gasteiger partial charge in [0.1, 0.15) is 18.1 Å². The molecule has 0 atom stereocenters. The van der Waals surface area contributed by atoms with Crippen LogP contribution < -0.4 is 14.8 Å². The van der Waals surface area contributed by atoms with E-state index in [1.54, 1.807) is 42.5 Å². The third kappa shape index (κ3) is 7.37. The molecule has 27 heavy (non-hydrogen) atoms. The maximum absolute atomic E-state index is 11.9. The number of benzene rings is 2. The first-order valence-corrected chi connectivity index (χ1v) is 8.86. The summed E-state index contributed by atoms with van der Waals surface area (Å²) in [6.45, 7) is 0.185.